The molecule has 0 spiro atoms. The number of amides is 2. The molecule has 1 heterocycles. The van der Waals surface area contributed by atoms with Crippen molar-refractivity contribution in [2.75, 3.05) is 32.7 Å². The van der Waals surface area contributed by atoms with Crippen molar-refractivity contribution in [2.45, 2.75) is 45.1 Å². The summed E-state index contributed by atoms with van der Waals surface area (Å²) in [5.74, 6) is 1.01. The van der Waals surface area contributed by atoms with E-state index in [1.165, 1.54) is 44.2 Å². The second-order valence-corrected chi connectivity index (χ2v) is 10.8. The minimum absolute atomic E-state index is 0.00848. The zero-order valence-electron chi connectivity index (χ0n) is 18.2. The maximum atomic E-state index is 14.1. The van der Waals surface area contributed by atoms with Gasteiger partial charge in [-0.15, -0.1) is 0 Å². The number of carbonyl (C=O) groups excluding carboxylic acids is 2. The van der Waals surface area contributed by atoms with Gasteiger partial charge in [0.2, 0.25) is 11.8 Å². The molecule has 0 radical (unpaired) electrons. The van der Waals surface area contributed by atoms with E-state index in [0.29, 0.717) is 32.6 Å². The monoisotopic (exact) mass is 465 g/mol. The highest BCUT2D eigenvalue weighted by Crippen LogP contribution is 2.65. The van der Waals surface area contributed by atoms with Crippen LogP contribution in [0.5, 0.6) is 0 Å². The number of halogens is 3. The molecule has 1 aromatic carbocycles. The zero-order chi connectivity index (χ0) is 22.5. The van der Waals surface area contributed by atoms with E-state index in [4.69, 9.17) is 11.6 Å². The van der Waals surface area contributed by atoms with Crippen LogP contribution in [0.2, 0.25) is 5.02 Å². The molecule has 2 atom stereocenters. The van der Waals surface area contributed by atoms with E-state index in [1.54, 1.807) is 4.90 Å². The van der Waals surface area contributed by atoms with Crippen molar-refractivity contribution in [3.8, 4) is 0 Å². The number of benzene rings is 1. The Morgan fingerprint density at radius 1 is 1.06 bits per heavy atom. The van der Waals surface area contributed by atoms with Gasteiger partial charge in [-0.25, -0.2) is 8.78 Å². The van der Waals surface area contributed by atoms with Gasteiger partial charge in [0.15, 0.2) is 0 Å². The lowest BCUT2D eigenvalue weighted by atomic mass is 9.67. The molecule has 1 aromatic rings. The van der Waals surface area contributed by atoms with Gasteiger partial charge >= 0.3 is 0 Å². The fourth-order valence-electron chi connectivity index (χ4n) is 6.98. The molecular weight excluding hydrogens is 436 g/mol. The Morgan fingerprint density at radius 2 is 1.75 bits per heavy atom. The van der Waals surface area contributed by atoms with Gasteiger partial charge in [0.1, 0.15) is 11.6 Å². The topological polar surface area (TPSA) is 52.7 Å². The lowest BCUT2D eigenvalue weighted by Gasteiger charge is -2.38. The van der Waals surface area contributed by atoms with Crippen LogP contribution in [0.4, 0.5) is 8.78 Å². The first kappa shape index (κ1) is 22.1. The second kappa shape index (κ2) is 8.56. The summed E-state index contributed by atoms with van der Waals surface area (Å²) in [5, 5.41) is 2.76. The van der Waals surface area contributed by atoms with E-state index in [2.05, 4.69) is 5.32 Å². The molecule has 2 amide bonds. The first-order chi connectivity index (χ1) is 15.3. The van der Waals surface area contributed by atoms with Crippen LogP contribution in [0.15, 0.2) is 12.1 Å². The van der Waals surface area contributed by atoms with Crippen molar-refractivity contribution < 1.29 is 18.4 Å². The summed E-state index contributed by atoms with van der Waals surface area (Å²) >= 11 is 5.77. The summed E-state index contributed by atoms with van der Waals surface area (Å²) < 4.78 is 28.1. The number of piperazine rings is 1. The predicted octanol–water partition coefficient (Wildman–Crippen LogP) is 3.60. The van der Waals surface area contributed by atoms with Gasteiger partial charge in [-0.2, -0.15) is 0 Å². The predicted molar refractivity (Wildman–Crippen MR) is 117 cm³/mol. The van der Waals surface area contributed by atoms with Crippen LogP contribution in [0.3, 0.4) is 0 Å². The van der Waals surface area contributed by atoms with Crippen LogP contribution in [0, 0.1) is 34.8 Å². The average molecular weight is 466 g/mol. The van der Waals surface area contributed by atoms with Gasteiger partial charge < -0.3 is 10.2 Å². The van der Waals surface area contributed by atoms with Crippen molar-refractivity contribution in [2.24, 2.45) is 23.2 Å². The van der Waals surface area contributed by atoms with E-state index >= 15 is 0 Å². The van der Waals surface area contributed by atoms with Crippen LogP contribution in [0.25, 0.3) is 0 Å². The Labute approximate surface area is 192 Å². The van der Waals surface area contributed by atoms with E-state index in [1.807, 2.05) is 4.90 Å². The van der Waals surface area contributed by atoms with Gasteiger partial charge in [-0.1, -0.05) is 11.6 Å². The van der Waals surface area contributed by atoms with Crippen molar-refractivity contribution in [3.05, 3.63) is 34.4 Å². The lowest BCUT2D eigenvalue weighted by molar-refractivity contribution is -0.135. The van der Waals surface area contributed by atoms with E-state index in [-0.39, 0.29) is 40.9 Å². The Kier molecular flexibility index (Phi) is 5.91. The largest absolute Gasteiger partial charge is 0.347 e. The third-order valence-electron chi connectivity index (χ3n) is 8.27. The molecule has 174 valence electrons. The molecule has 1 N–H and O–H groups in total. The van der Waals surface area contributed by atoms with Crippen LogP contribution in [0.1, 0.15) is 44.1 Å². The Morgan fingerprint density at radius 3 is 2.41 bits per heavy atom. The molecule has 1 aliphatic heterocycles. The summed E-state index contributed by atoms with van der Waals surface area (Å²) in [6, 6.07) is 2.38. The molecule has 4 bridgehead atoms. The molecule has 4 aliphatic carbocycles. The molecular formula is C24H30ClF2N3O2. The van der Waals surface area contributed by atoms with Gasteiger partial charge in [0, 0.05) is 44.7 Å². The highest BCUT2D eigenvalue weighted by Gasteiger charge is 2.56. The van der Waals surface area contributed by atoms with Crippen LogP contribution in [-0.2, 0) is 16.1 Å². The van der Waals surface area contributed by atoms with Gasteiger partial charge in [-0.05, 0) is 67.4 Å². The van der Waals surface area contributed by atoms with Crippen molar-refractivity contribution in [1.29, 1.82) is 0 Å². The van der Waals surface area contributed by atoms with Crippen LogP contribution >= 0.6 is 11.6 Å². The smallest absolute Gasteiger partial charge is 0.242 e. The standard InChI is InChI=1S/C24H30ClF2N3O2/c25-19-1-2-20(26)18(23(19)27)14-29-3-5-30(6-4-29)22(32)13-28-21(31)12-24-9-15-7-16(10-24)17(8-15)11-24/h1-2,15-17H,3-14H2,(H,28,31). The Bertz CT molecular complexity index is 899. The van der Waals surface area contributed by atoms with Gasteiger partial charge in [0.05, 0.1) is 11.6 Å². The molecule has 5 nitrogen and oxygen atoms in total. The second-order valence-electron chi connectivity index (χ2n) is 10.4. The summed E-state index contributed by atoms with van der Waals surface area (Å²) in [4.78, 5) is 28.8. The normalized spacial score (nSPS) is 31.3. The SMILES string of the molecule is O=C(CC12CC3CC(C1)C(C3)C2)NCC(=O)N1CCN(Cc2c(F)ccc(Cl)c2F)CC1. The van der Waals surface area contributed by atoms with E-state index < -0.39 is 11.6 Å². The summed E-state index contributed by atoms with van der Waals surface area (Å²) in [6.07, 6.45) is 6.81. The third-order valence-corrected chi connectivity index (χ3v) is 8.56. The Hall–Kier alpha value is -1.73. The molecule has 5 fully saturated rings. The number of nitrogens with one attached hydrogen (secondary N) is 1. The summed E-state index contributed by atoms with van der Waals surface area (Å²) in [7, 11) is 0. The van der Waals surface area contributed by atoms with Crippen LogP contribution < -0.4 is 5.32 Å². The summed E-state index contributed by atoms with van der Waals surface area (Å²) in [5.41, 5.74) is 0.138. The highest BCUT2D eigenvalue weighted by atomic mass is 35.5. The summed E-state index contributed by atoms with van der Waals surface area (Å²) in [6.45, 7) is 2.09. The number of rotatable bonds is 6. The van der Waals surface area contributed by atoms with Crippen molar-refractivity contribution >= 4 is 23.4 Å². The minimum atomic E-state index is -0.726. The molecule has 6 rings (SSSR count). The van der Waals surface area contributed by atoms with Gasteiger partial charge in [-0.3, -0.25) is 14.5 Å². The first-order valence-electron chi connectivity index (χ1n) is 11.7. The maximum Gasteiger partial charge on any atom is 0.242 e. The zero-order valence-corrected chi connectivity index (χ0v) is 19.0. The maximum absolute atomic E-state index is 14.1. The third kappa shape index (κ3) is 4.26. The van der Waals surface area contributed by atoms with Crippen molar-refractivity contribution in [3.63, 3.8) is 0 Å². The van der Waals surface area contributed by atoms with E-state index in [0.717, 1.165) is 17.8 Å². The molecule has 32 heavy (non-hydrogen) atoms. The average Bonchev–Trinajstić information content (AvgIpc) is 3.18. The molecule has 2 unspecified atom stereocenters. The quantitative estimate of drug-likeness (QED) is 0.653. The van der Waals surface area contributed by atoms with Gasteiger partial charge in [0.25, 0.3) is 0 Å². The molecule has 5 aliphatic rings. The van der Waals surface area contributed by atoms with Crippen molar-refractivity contribution in [1.82, 2.24) is 15.1 Å². The number of hydrogen-bond acceptors (Lipinski definition) is 3. The molecule has 0 aromatic heterocycles. The number of nitrogens with zero attached hydrogens (tertiary/aromatic N) is 2. The number of hydrogen-bond donors (Lipinski definition) is 1. The fraction of sp³-hybridized carbons (Fsp3) is 0.667. The fourth-order valence-corrected chi connectivity index (χ4v) is 7.15. The molecule has 4 saturated carbocycles. The van der Waals surface area contributed by atoms with Crippen LogP contribution in [-0.4, -0.2) is 54.3 Å². The molecule has 8 heteroatoms. The number of carbonyl (C=O) groups is 2. The van der Waals surface area contributed by atoms with E-state index in [9.17, 15) is 18.4 Å². The first-order valence-corrected chi connectivity index (χ1v) is 12.1. The minimum Gasteiger partial charge on any atom is -0.347 e. The lowest BCUT2D eigenvalue weighted by Crippen LogP contribution is -2.51. The molecule has 1 saturated heterocycles. The highest BCUT2D eigenvalue weighted by molar-refractivity contribution is 6.30. The Balaban J connectivity index is 1.06.